The Balaban J connectivity index is 1.16. The lowest BCUT2D eigenvalue weighted by Gasteiger charge is -2.65. The summed E-state index contributed by atoms with van der Waals surface area (Å²) in [7, 11) is 0. The molecule has 1 aromatic carbocycles. The van der Waals surface area contributed by atoms with Crippen molar-refractivity contribution in [1.82, 2.24) is 14.9 Å². The molecular weight excluding hydrogens is 495 g/mol. The van der Waals surface area contributed by atoms with Gasteiger partial charge in [0.15, 0.2) is 0 Å². The van der Waals surface area contributed by atoms with Crippen molar-refractivity contribution in [3.63, 3.8) is 0 Å². The fraction of sp³-hybridized carbons (Fsp3) is 0.571. The molecule has 36 heavy (non-hydrogen) atoms. The summed E-state index contributed by atoms with van der Waals surface area (Å²) in [6.07, 6.45) is 10.1. The highest BCUT2D eigenvalue weighted by molar-refractivity contribution is 6.42. The molecule has 0 spiro atoms. The van der Waals surface area contributed by atoms with Crippen LogP contribution in [0.25, 0.3) is 0 Å². The van der Waals surface area contributed by atoms with Crippen LogP contribution in [0.1, 0.15) is 80.4 Å². The van der Waals surface area contributed by atoms with Gasteiger partial charge < -0.3 is 10.2 Å². The first-order chi connectivity index (χ1) is 17.0. The van der Waals surface area contributed by atoms with Crippen LogP contribution in [0.3, 0.4) is 0 Å². The van der Waals surface area contributed by atoms with Crippen LogP contribution in [0.15, 0.2) is 24.5 Å². The topological polar surface area (TPSA) is 75.2 Å². The van der Waals surface area contributed by atoms with Gasteiger partial charge in [0.05, 0.1) is 22.3 Å². The molecule has 2 amide bonds. The number of anilines is 1. The quantitative estimate of drug-likeness (QED) is 0.506. The predicted octanol–water partition coefficient (Wildman–Crippen LogP) is 6.31. The molecule has 4 bridgehead atoms. The summed E-state index contributed by atoms with van der Waals surface area (Å²) in [5, 5.41) is 3.91. The number of carbonyl (C=O) groups is 2. The molecule has 2 heterocycles. The lowest BCUT2D eigenvalue weighted by atomic mass is 9.40. The van der Waals surface area contributed by atoms with E-state index in [1.807, 2.05) is 0 Å². The molecule has 0 radical (unpaired) electrons. The van der Waals surface area contributed by atoms with Gasteiger partial charge in [-0.05, 0) is 85.3 Å². The van der Waals surface area contributed by atoms with Gasteiger partial charge in [-0.3, -0.25) is 9.59 Å². The lowest BCUT2D eigenvalue weighted by Crippen LogP contribution is -2.55. The van der Waals surface area contributed by atoms with Crippen molar-refractivity contribution >= 4 is 40.8 Å². The second-order valence-corrected chi connectivity index (χ2v) is 13.4. The molecule has 2 aromatic rings. The van der Waals surface area contributed by atoms with Crippen molar-refractivity contribution in [2.45, 2.75) is 71.8 Å². The minimum Gasteiger partial charge on any atom is -0.332 e. The molecule has 1 N–H and O–H groups in total. The lowest BCUT2D eigenvalue weighted by molar-refractivity contribution is -0.153. The molecule has 4 aliphatic carbocycles. The van der Waals surface area contributed by atoms with Gasteiger partial charge in [0.1, 0.15) is 12.1 Å². The average Bonchev–Trinajstić information content (AvgIpc) is 2.77. The minimum absolute atomic E-state index is 0.0550. The summed E-state index contributed by atoms with van der Waals surface area (Å²) in [6.45, 7) is 5.76. The van der Waals surface area contributed by atoms with Crippen molar-refractivity contribution in [3.8, 4) is 0 Å². The van der Waals surface area contributed by atoms with Crippen LogP contribution in [-0.2, 0) is 17.8 Å². The SMILES string of the molecule is CC12CC3CC(C)(C1)CC(CC(=O)Nc1ncnc4c1CCN(C(=O)c1ccc(Cl)c(Cl)c1)C4)(C3)C2. The number of nitrogens with one attached hydrogen (secondary N) is 1. The van der Waals surface area contributed by atoms with Gasteiger partial charge in [0.25, 0.3) is 5.91 Å². The third kappa shape index (κ3) is 4.30. The molecule has 2 unspecified atom stereocenters. The first-order valence-electron chi connectivity index (χ1n) is 12.9. The standard InChI is InChI=1S/C28H32Cl2N4O2/c1-26-8-17-9-27(2,13-26)15-28(10-17,14-26)11-23(35)33-24-19-5-6-34(12-22(19)31-16-32-24)25(36)18-3-4-20(29)21(30)7-18/h3-4,7,16-17H,5-6,8-15H2,1-2H3,(H,31,32,33,35). The molecule has 6 nitrogen and oxygen atoms in total. The Bertz CT molecular complexity index is 1250. The highest BCUT2D eigenvalue weighted by Gasteiger charge is 2.60. The number of aromatic nitrogens is 2. The number of fused-ring (bicyclic) bond motifs is 1. The second kappa shape index (κ2) is 8.42. The molecule has 1 aliphatic heterocycles. The summed E-state index contributed by atoms with van der Waals surface area (Å²) < 4.78 is 0. The van der Waals surface area contributed by atoms with Gasteiger partial charge in [-0.25, -0.2) is 9.97 Å². The van der Waals surface area contributed by atoms with Crippen LogP contribution in [0.5, 0.6) is 0 Å². The Morgan fingerprint density at radius 3 is 2.50 bits per heavy atom. The summed E-state index contributed by atoms with van der Waals surface area (Å²) in [4.78, 5) is 37.0. The number of carbonyl (C=O) groups excluding carboxylic acids is 2. The van der Waals surface area contributed by atoms with Gasteiger partial charge in [-0.1, -0.05) is 37.0 Å². The van der Waals surface area contributed by atoms with E-state index >= 15 is 0 Å². The molecule has 0 saturated heterocycles. The monoisotopic (exact) mass is 526 g/mol. The van der Waals surface area contributed by atoms with E-state index in [0.29, 0.717) is 58.2 Å². The average molecular weight is 527 g/mol. The molecule has 7 rings (SSSR count). The highest BCUT2D eigenvalue weighted by Crippen LogP contribution is 2.70. The van der Waals surface area contributed by atoms with E-state index in [0.717, 1.165) is 30.0 Å². The van der Waals surface area contributed by atoms with Crippen molar-refractivity contribution in [1.29, 1.82) is 0 Å². The van der Waals surface area contributed by atoms with Crippen molar-refractivity contribution in [2.24, 2.45) is 22.2 Å². The number of nitrogens with zero attached hydrogens (tertiary/aromatic N) is 3. The van der Waals surface area contributed by atoms with Crippen LogP contribution < -0.4 is 5.32 Å². The van der Waals surface area contributed by atoms with Gasteiger partial charge in [0, 0.05) is 24.1 Å². The third-order valence-electron chi connectivity index (χ3n) is 9.00. The van der Waals surface area contributed by atoms with Crippen LogP contribution in [0.2, 0.25) is 10.0 Å². The van der Waals surface area contributed by atoms with Crippen LogP contribution in [0.4, 0.5) is 5.82 Å². The van der Waals surface area contributed by atoms with E-state index in [1.54, 1.807) is 23.1 Å². The normalized spacial score (nSPS) is 32.3. The van der Waals surface area contributed by atoms with Crippen molar-refractivity contribution in [3.05, 3.63) is 51.4 Å². The number of benzene rings is 1. The van der Waals surface area contributed by atoms with E-state index in [4.69, 9.17) is 23.2 Å². The summed E-state index contributed by atoms with van der Waals surface area (Å²) in [6, 6.07) is 4.91. The van der Waals surface area contributed by atoms with Crippen LogP contribution >= 0.6 is 23.2 Å². The van der Waals surface area contributed by atoms with Gasteiger partial charge in [-0.2, -0.15) is 0 Å². The maximum atomic E-state index is 13.3. The molecular formula is C28H32Cl2N4O2. The number of hydrogen-bond acceptors (Lipinski definition) is 4. The van der Waals surface area contributed by atoms with Gasteiger partial charge in [0.2, 0.25) is 5.91 Å². The Morgan fingerprint density at radius 1 is 1.06 bits per heavy atom. The zero-order valence-corrected chi connectivity index (χ0v) is 22.4. The molecule has 2 atom stereocenters. The Morgan fingerprint density at radius 2 is 1.81 bits per heavy atom. The zero-order chi connectivity index (χ0) is 25.3. The fourth-order valence-corrected chi connectivity index (χ4v) is 9.14. The van der Waals surface area contributed by atoms with E-state index in [2.05, 4.69) is 29.1 Å². The minimum atomic E-state index is -0.118. The molecule has 190 valence electrons. The number of amides is 2. The molecule has 8 heteroatoms. The first kappa shape index (κ1) is 24.2. The Labute approximate surface area is 222 Å². The molecule has 5 aliphatic rings. The first-order valence-corrected chi connectivity index (χ1v) is 13.7. The molecule has 4 saturated carbocycles. The third-order valence-corrected chi connectivity index (χ3v) is 9.73. The van der Waals surface area contributed by atoms with Gasteiger partial charge in [-0.15, -0.1) is 0 Å². The molecule has 4 fully saturated rings. The summed E-state index contributed by atoms with van der Waals surface area (Å²) in [5.74, 6) is 1.29. The number of rotatable bonds is 4. The number of halogens is 2. The maximum Gasteiger partial charge on any atom is 0.254 e. The maximum absolute atomic E-state index is 13.3. The van der Waals surface area contributed by atoms with E-state index < -0.39 is 0 Å². The second-order valence-electron chi connectivity index (χ2n) is 12.6. The van der Waals surface area contributed by atoms with Crippen molar-refractivity contribution < 1.29 is 9.59 Å². The van der Waals surface area contributed by atoms with Crippen LogP contribution in [0, 0.1) is 22.2 Å². The van der Waals surface area contributed by atoms with E-state index in [9.17, 15) is 9.59 Å². The van der Waals surface area contributed by atoms with Gasteiger partial charge >= 0.3 is 0 Å². The van der Waals surface area contributed by atoms with Crippen molar-refractivity contribution in [2.75, 3.05) is 11.9 Å². The predicted molar refractivity (Wildman–Crippen MR) is 140 cm³/mol. The van der Waals surface area contributed by atoms with E-state index in [1.165, 1.54) is 32.0 Å². The fourth-order valence-electron chi connectivity index (χ4n) is 8.85. The van der Waals surface area contributed by atoms with E-state index in [-0.39, 0.29) is 17.2 Å². The summed E-state index contributed by atoms with van der Waals surface area (Å²) in [5.41, 5.74) is 3.07. The summed E-state index contributed by atoms with van der Waals surface area (Å²) >= 11 is 12.1. The highest BCUT2D eigenvalue weighted by atomic mass is 35.5. The zero-order valence-electron chi connectivity index (χ0n) is 20.9. The Hall–Kier alpha value is -2.18. The molecule has 1 aromatic heterocycles. The number of hydrogen-bond donors (Lipinski definition) is 1. The Kier molecular flexibility index (Phi) is 5.65. The smallest absolute Gasteiger partial charge is 0.254 e. The largest absolute Gasteiger partial charge is 0.332 e. The van der Waals surface area contributed by atoms with Crippen LogP contribution in [-0.4, -0.2) is 33.2 Å².